The van der Waals surface area contributed by atoms with E-state index >= 15 is 0 Å². The van der Waals surface area contributed by atoms with Gasteiger partial charge in [-0.15, -0.1) is 11.3 Å². The minimum absolute atomic E-state index is 0.0586. The van der Waals surface area contributed by atoms with Crippen LogP contribution in [0.15, 0.2) is 30.3 Å². The number of amides is 2. The molecule has 0 spiro atoms. The topological polar surface area (TPSA) is 95.5 Å². The van der Waals surface area contributed by atoms with Gasteiger partial charge in [0.1, 0.15) is 5.00 Å². The number of carbonyl (C=O) groups is 3. The number of aliphatic carboxylic acids is 1. The Bertz CT molecular complexity index is 939. The average molecular weight is 443 g/mol. The molecule has 7 heteroatoms. The van der Waals surface area contributed by atoms with Gasteiger partial charge in [-0.1, -0.05) is 50.6 Å². The van der Waals surface area contributed by atoms with Gasteiger partial charge >= 0.3 is 5.97 Å². The lowest BCUT2D eigenvalue weighted by Crippen LogP contribution is -2.26. The zero-order chi connectivity index (χ0) is 22.4. The summed E-state index contributed by atoms with van der Waals surface area (Å²) in [6.45, 7) is 4.35. The maximum absolute atomic E-state index is 13.1. The van der Waals surface area contributed by atoms with Gasteiger partial charge in [-0.25, -0.2) is 0 Å². The maximum Gasteiger partial charge on any atom is 0.303 e. The largest absolute Gasteiger partial charge is 0.481 e. The minimum Gasteiger partial charge on any atom is -0.481 e. The molecule has 0 fully saturated rings. The Morgan fingerprint density at radius 1 is 1.19 bits per heavy atom. The van der Waals surface area contributed by atoms with Crippen molar-refractivity contribution in [3.8, 4) is 0 Å². The van der Waals surface area contributed by atoms with Crippen LogP contribution in [-0.2, 0) is 29.0 Å². The first-order valence-corrected chi connectivity index (χ1v) is 11.7. The number of thiophene rings is 1. The van der Waals surface area contributed by atoms with E-state index in [-0.39, 0.29) is 30.6 Å². The third kappa shape index (κ3) is 6.17. The van der Waals surface area contributed by atoms with Gasteiger partial charge in [-0.2, -0.15) is 0 Å². The predicted octanol–water partition coefficient (Wildman–Crippen LogP) is 4.63. The second-order valence-electron chi connectivity index (χ2n) is 8.35. The van der Waals surface area contributed by atoms with Crippen molar-refractivity contribution >= 4 is 34.1 Å². The Morgan fingerprint density at radius 3 is 2.61 bits per heavy atom. The first kappa shape index (κ1) is 23.0. The lowest BCUT2D eigenvalue weighted by Gasteiger charge is -2.21. The van der Waals surface area contributed by atoms with Crippen LogP contribution in [0.2, 0.25) is 0 Å². The first-order chi connectivity index (χ1) is 14.9. The van der Waals surface area contributed by atoms with Gasteiger partial charge in [0, 0.05) is 24.3 Å². The second-order valence-corrected chi connectivity index (χ2v) is 9.45. The van der Waals surface area contributed by atoms with Crippen molar-refractivity contribution in [1.82, 2.24) is 5.32 Å². The SMILES string of the molecule is CC[C@@H]1CCc2c(sc(NC(=O)C[C@@H](C)CC(=O)O)c2C(=O)NCc2ccccc2)C1. The number of carboxylic acids is 1. The molecule has 166 valence electrons. The molecular weight excluding hydrogens is 412 g/mol. The summed E-state index contributed by atoms with van der Waals surface area (Å²) in [6.07, 6.45) is 3.96. The van der Waals surface area contributed by atoms with Crippen molar-refractivity contribution in [2.24, 2.45) is 11.8 Å². The van der Waals surface area contributed by atoms with Crippen molar-refractivity contribution in [1.29, 1.82) is 0 Å². The molecule has 1 aromatic carbocycles. The molecule has 1 heterocycles. The van der Waals surface area contributed by atoms with Crippen LogP contribution in [0.1, 0.15) is 65.9 Å². The van der Waals surface area contributed by atoms with Gasteiger partial charge in [-0.05, 0) is 42.2 Å². The standard InChI is InChI=1S/C24H30N2O4S/c1-3-16-9-10-18-19(13-16)31-24(26-20(27)11-15(2)12-21(28)29)22(18)23(30)25-14-17-7-5-4-6-8-17/h4-8,15-16H,3,9-14H2,1-2H3,(H,25,30)(H,26,27)(H,28,29)/t15-,16-/m1/s1. The Morgan fingerprint density at radius 2 is 1.94 bits per heavy atom. The Balaban J connectivity index is 1.78. The molecule has 0 bridgehead atoms. The molecule has 0 saturated heterocycles. The van der Waals surface area contributed by atoms with Crippen molar-refractivity contribution in [3.05, 3.63) is 51.9 Å². The van der Waals surface area contributed by atoms with E-state index in [0.29, 0.717) is 23.0 Å². The fourth-order valence-electron chi connectivity index (χ4n) is 4.06. The molecule has 2 atom stereocenters. The van der Waals surface area contributed by atoms with Gasteiger partial charge in [0.25, 0.3) is 5.91 Å². The van der Waals surface area contributed by atoms with Crippen LogP contribution < -0.4 is 10.6 Å². The highest BCUT2D eigenvalue weighted by molar-refractivity contribution is 7.17. The zero-order valence-corrected chi connectivity index (χ0v) is 18.9. The van der Waals surface area contributed by atoms with Crippen molar-refractivity contribution in [2.45, 2.75) is 58.9 Å². The van der Waals surface area contributed by atoms with E-state index in [2.05, 4.69) is 17.6 Å². The predicted molar refractivity (Wildman–Crippen MR) is 122 cm³/mol. The van der Waals surface area contributed by atoms with E-state index in [1.807, 2.05) is 30.3 Å². The number of benzene rings is 1. The summed E-state index contributed by atoms with van der Waals surface area (Å²) >= 11 is 1.49. The van der Waals surface area contributed by atoms with Gasteiger partial charge in [0.15, 0.2) is 0 Å². The maximum atomic E-state index is 13.1. The summed E-state index contributed by atoms with van der Waals surface area (Å²) in [5.74, 6) is -1.02. The highest BCUT2D eigenvalue weighted by atomic mass is 32.1. The molecule has 2 amide bonds. The second kappa shape index (κ2) is 10.6. The number of hydrogen-bond acceptors (Lipinski definition) is 4. The molecular formula is C24H30N2O4S. The third-order valence-electron chi connectivity index (χ3n) is 5.78. The fraction of sp³-hybridized carbons (Fsp3) is 0.458. The molecule has 1 aromatic heterocycles. The molecule has 0 radical (unpaired) electrons. The molecule has 1 aliphatic carbocycles. The van der Waals surface area contributed by atoms with Gasteiger partial charge in [0.2, 0.25) is 5.91 Å². The lowest BCUT2D eigenvalue weighted by molar-refractivity contribution is -0.138. The van der Waals surface area contributed by atoms with Crippen LogP contribution in [-0.4, -0.2) is 22.9 Å². The van der Waals surface area contributed by atoms with Crippen LogP contribution in [0.5, 0.6) is 0 Å². The van der Waals surface area contributed by atoms with Crippen LogP contribution in [0, 0.1) is 11.8 Å². The van der Waals surface area contributed by atoms with Crippen molar-refractivity contribution in [3.63, 3.8) is 0 Å². The van der Waals surface area contributed by atoms with Crippen LogP contribution in [0.25, 0.3) is 0 Å². The summed E-state index contributed by atoms with van der Waals surface area (Å²) in [4.78, 5) is 37.8. The number of fused-ring (bicyclic) bond motifs is 1. The van der Waals surface area contributed by atoms with E-state index in [1.165, 1.54) is 16.2 Å². The Labute approximate surface area is 187 Å². The number of anilines is 1. The van der Waals surface area contributed by atoms with Crippen molar-refractivity contribution in [2.75, 3.05) is 5.32 Å². The molecule has 0 unspecified atom stereocenters. The summed E-state index contributed by atoms with van der Waals surface area (Å²) in [6, 6.07) is 9.72. The van der Waals surface area contributed by atoms with E-state index in [9.17, 15) is 14.4 Å². The summed E-state index contributed by atoms with van der Waals surface area (Å²) in [5, 5.41) is 15.4. The van der Waals surface area contributed by atoms with E-state index < -0.39 is 5.97 Å². The quantitative estimate of drug-likeness (QED) is 0.527. The van der Waals surface area contributed by atoms with Gasteiger partial charge < -0.3 is 15.7 Å². The number of rotatable bonds is 9. The molecule has 2 aromatic rings. The minimum atomic E-state index is -0.918. The van der Waals surface area contributed by atoms with E-state index in [1.54, 1.807) is 6.92 Å². The number of carboxylic acid groups (broad SMARTS) is 1. The Kier molecular flexibility index (Phi) is 7.85. The molecule has 31 heavy (non-hydrogen) atoms. The lowest BCUT2D eigenvalue weighted by atomic mass is 9.85. The monoisotopic (exact) mass is 442 g/mol. The number of hydrogen-bond donors (Lipinski definition) is 3. The summed E-state index contributed by atoms with van der Waals surface area (Å²) in [5.41, 5.74) is 2.64. The van der Waals surface area contributed by atoms with Crippen LogP contribution in [0.4, 0.5) is 5.00 Å². The fourth-order valence-corrected chi connectivity index (χ4v) is 5.44. The molecule has 6 nitrogen and oxygen atoms in total. The van der Waals surface area contributed by atoms with Crippen LogP contribution in [0.3, 0.4) is 0 Å². The smallest absolute Gasteiger partial charge is 0.303 e. The third-order valence-corrected chi connectivity index (χ3v) is 6.95. The highest BCUT2D eigenvalue weighted by Gasteiger charge is 2.29. The number of carbonyl (C=O) groups excluding carboxylic acids is 2. The molecule has 1 aliphatic rings. The van der Waals surface area contributed by atoms with E-state index in [0.717, 1.165) is 36.8 Å². The van der Waals surface area contributed by atoms with Crippen LogP contribution >= 0.6 is 11.3 Å². The summed E-state index contributed by atoms with van der Waals surface area (Å²) < 4.78 is 0. The van der Waals surface area contributed by atoms with E-state index in [4.69, 9.17) is 5.11 Å². The molecule has 3 rings (SSSR count). The molecule has 3 N–H and O–H groups in total. The molecule has 0 saturated carbocycles. The molecule has 0 aliphatic heterocycles. The Hall–Kier alpha value is -2.67. The van der Waals surface area contributed by atoms with Crippen molar-refractivity contribution < 1.29 is 19.5 Å². The van der Waals surface area contributed by atoms with Gasteiger partial charge in [0.05, 0.1) is 5.56 Å². The number of nitrogens with one attached hydrogen (secondary N) is 2. The van der Waals surface area contributed by atoms with Gasteiger partial charge in [-0.3, -0.25) is 14.4 Å². The normalized spacial score (nSPS) is 16.3. The first-order valence-electron chi connectivity index (χ1n) is 10.9. The highest BCUT2D eigenvalue weighted by Crippen LogP contribution is 2.40. The average Bonchev–Trinajstić information content (AvgIpc) is 3.08. The summed E-state index contributed by atoms with van der Waals surface area (Å²) in [7, 11) is 0. The zero-order valence-electron chi connectivity index (χ0n) is 18.1.